The van der Waals surface area contributed by atoms with E-state index in [2.05, 4.69) is 0 Å². The highest BCUT2D eigenvalue weighted by atomic mass is 35.5. The number of piperidine rings is 1. The van der Waals surface area contributed by atoms with Crippen LogP contribution in [0.1, 0.15) is 31.9 Å². The first kappa shape index (κ1) is 25.0. The number of carboxylic acid groups (broad SMARTS) is 1. The first-order valence-electron chi connectivity index (χ1n) is 9.67. The van der Waals surface area contributed by atoms with Gasteiger partial charge in [0.05, 0.1) is 13.2 Å². The third-order valence-electron chi connectivity index (χ3n) is 4.55. The molecule has 1 heterocycles. The van der Waals surface area contributed by atoms with Crippen molar-refractivity contribution >= 4 is 41.5 Å². The Morgan fingerprint density at radius 2 is 2.03 bits per heavy atom. The topological polar surface area (TPSA) is 102 Å². The van der Waals surface area contributed by atoms with Crippen LogP contribution in [0, 0.1) is 0 Å². The van der Waals surface area contributed by atoms with E-state index in [0.29, 0.717) is 29.1 Å². The molecule has 0 radical (unpaired) electrons. The van der Waals surface area contributed by atoms with Gasteiger partial charge in [-0.05, 0) is 37.5 Å². The lowest BCUT2D eigenvalue weighted by Gasteiger charge is -2.37. The molecule has 170 valence electrons. The fourth-order valence-corrected chi connectivity index (χ4v) is 4.46. The molecule has 1 aromatic rings. The van der Waals surface area contributed by atoms with E-state index in [1.807, 2.05) is 4.90 Å². The monoisotopic (exact) mass is 471 g/mol. The van der Waals surface area contributed by atoms with Crippen LogP contribution in [-0.2, 0) is 23.8 Å². The van der Waals surface area contributed by atoms with Crippen molar-refractivity contribution < 1.29 is 33.7 Å². The zero-order chi connectivity index (χ0) is 23.0. The van der Waals surface area contributed by atoms with Crippen molar-refractivity contribution in [2.45, 2.75) is 37.7 Å². The van der Waals surface area contributed by atoms with Crippen LogP contribution >= 0.6 is 23.4 Å². The zero-order valence-electron chi connectivity index (χ0n) is 17.6. The van der Waals surface area contributed by atoms with Gasteiger partial charge in [0.2, 0.25) is 0 Å². The molecular weight excluding hydrogens is 446 g/mol. The summed E-state index contributed by atoms with van der Waals surface area (Å²) >= 11 is 7.62. The number of ether oxygens (including phenoxy) is 3. The van der Waals surface area contributed by atoms with Crippen LogP contribution in [0.25, 0.3) is 0 Å². The Bertz CT molecular complexity index is 830. The summed E-state index contributed by atoms with van der Waals surface area (Å²) in [5.74, 6) is -1.54. The molecule has 1 N–H and O–H groups in total. The summed E-state index contributed by atoms with van der Waals surface area (Å²) in [7, 11) is 1.30. The molecule has 0 bridgehead atoms. The maximum Gasteiger partial charge on any atom is 0.509 e. The molecule has 1 fully saturated rings. The van der Waals surface area contributed by atoms with E-state index in [-0.39, 0.29) is 23.8 Å². The van der Waals surface area contributed by atoms with Crippen LogP contribution in [0.15, 0.2) is 35.9 Å². The maximum absolute atomic E-state index is 12.6. The van der Waals surface area contributed by atoms with Gasteiger partial charge in [0.15, 0.2) is 0 Å². The maximum atomic E-state index is 12.6. The van der Waals surface area contributed by atoms with Gasteiger partial charge in [0.1, 0.15) is 12.0 Å². The standard InChI is InChI=1S/C21H26ClNO7S/c1-13(2)30-21(27)29-12-31-17-8-9-23(11-14(17)10-18(24)25)19(20(26)28-3)15-6-4-5-7-16(15)22/h4-7,10,13,17,19H,8-9,11-12H2,1-3H3,(H,24,25)/b14-10-/t17-,19+/m1/s1. The van der Waals surface area contributed by atoms with Gasteiger partial charge in [-0.25, -0.2) is 14.4 Å². The van der Waals surface area contributed by atoms with Gasteiger partial charge in [-0.1, -0.05) is 29.8 Å². The van der Waals surface area contributed by atoms with Gasteiger partial charge < -0.3 is 19.3 Å². The number of likely N-dealkylation sites (tertiary alicyclic amines) is 1. The molecule has 2 rings (SSSR count). The van der Waals surface area contributed by atoms with E-state index in [9.17, 15) is 19.5 Å². The number of carbonyl (C=O) groups is 3. The fraction of sp³-hybridized carbons (Fsp3) is 0.476. The molecule has 2 atom stereocenters. The Labute approximate surface area is 190 Å². The number of carbonyl (C=O) groups excluding carboxylic acids is 2. The molecular formula is C21H26ClNO7S. The Balaban J connectivity index is 2.15. The number of nitrogens with zero attached hydrogens (tertiary/aromatic N) is 1. The molecule has 1 aromatic carbocycles. The predicted molar refractivity (Wildman–Crippen MR) is 117 cm³/mol. The number of esters is 1. The van der Waals surface area contributed by atoms with Crippen molar-refractivity contribution in [3.63, 3.8) is 0 Å². The third kappa shape index (κ3) is 7.45. The highest BCUT2D eigenvalue weighted by molar-refractivity contribution is 7.99. The van der Waals surface area contributed by atoms with Gasteiger partial charge in [-0.15, -0.1) is 11.8 Å². The lowest BCUT2D eigenvalue weighted by molar-refractivity contribution is -0.147. The van der Waals surface area contributed by atoms with Crippen LogP contribution in [0.4, 0.5) is 4.79 Å². The van der Waals surface area contributed by atoms with E-state index in [4.69, 9.17) is 25.8 Å². The van der Waals surface area contributed by atoms with Crippen molar-refractivity contribution in [2.24, 2.45) is 0 Å². The number of halogens is 1. The summed E-state index contributed by atoms with van der Waals surface area (Å²) < 4.78 is 15.0. The van der Waals surface area contributed by atoms with Crippen molar-refractivity contribution in [2.75, 3.05) is 26.1 Å². The van der Waals surface area contributed by atoms with E-state index in [1.54, 1.807) is 38.1 Å². The number of rotatable bonds is 8. The van der Waals surface area contributed by atoms with Gasteiger partial charge in [-0.2, -0.15) is 0 Å². The highest BCUT2D eigenvalue weighted by Crippen LogP contribution is 2.35. The average Bonchev–Trinajstić information content (AvgIpc) is 2.70. The molecule has 0 amide bonds. The molecule has 31 heavy (non-hydrogen) atoms. The summed E-state index contributed by atoms with van der Waals surface area (Å²) in [6.07, 6.45) is 0.623. The molecule has 0 aromatic heterocycles. The number of hydrogen-bond acceptors (Lipinski definition) is 8. The fourth-order valence-electron chi connectivity index (χ4n) is 3.26. The second-order valence-electron chi connectivity index (χ2n) is 7.10. The Kier molecular flexibility index (Phi) is 9.67. The summed E-state index contributed by atoms with van der Waals surface area (Å²) in [6.45, 7) is 4.16. The third-order valence-corrected chi connectivity index (χ3v) is 6.09. The molecule has 10 heteroatoms. The number of hydrogen-bond donors (Lipinski definition) is 1. The van der Waals surface area contributed by atoms with Crippen LogP contribution in [0.5, 0.6) is 0 Å². The van der Waals surface area contributed by atoms with Crippen LogP contribution in [0.3, 0.4) is 0 Å². The minimum Gasteiger partial charge on any atom is -0.478 e. The van der Waals surface area contributed by atoms with Gasteiger partial charge in [0, 0.05) is 29.4 Å². The lowest BCUT2D eigenvalue weighted by Crippen LogP contribution is -2.43. The summed E-state index contributed by atoms with van der Waals surface area (Å²) in [5.41, 5.74) is 1.20. The number of thioether (sulfide) groups is 1. The Morgan fingerprint density at radius 3 is 2.65 bits per heavy atom. The largest absolute Gasteiger partial charge is 0.509 e. The first-order chi connectivity index (χ1) is 14.7. The zero-order valence-corrected chi connectivity index (χ0v) is 19.1. The molecule has 0 saturated carbocycles. The first-order valence-corrected chi connectivity index (χ1v) is 11.1. The van der Waals surface area contributed by atoms with Gasteiger partial charge >= 0.3 is 18.1 Å². The molecule has 8 nitrogen and oxygen atoms in total. The van der Waals surface area contributed by atoms with Gasteiger partial charge in [-0.3, -0.25) is 4.90 Å². The van der Waals surface area contributed by atoms with Crippen LogP contribution in [-0.4, -0.2) is 65.6 Å². The molecule has 1 aliphatic rings. The van der Waals surface area contributed by atoms with Crippen molar-refractivity contribution in [3.05, 3.63) is 46.5 Å². The molecule has 0 spiro atoms. The van der Waals surface area contributed by atoms with E-state index < -0.39 is 24.1 Å². The SMILES string of the molecule is COC(=O)[C@H](c1ccccc1Cl)N1CC[C@@H](SCOC(=O)OC(C)C)/C(=C\C(=O)O)C1. The Hall–Kier alpha value is -2.23. The normalized spacial score (nSPS) is 19.1. The van der Waals surface area contributed by atoms with E-state index >= 15 is 0 Å². The number of benzene rings is 1. The molecule has 0 aliphatic carbocycles. The van der Waals surface area contributed by atoms with Crippen LogP contribution in [0.2, 0.25) is 5.02 Å². The molecule has 0 unspecified atom stereocenters. The van der Waals surface area contributed by atoms with Crippen molar-refractivity contribution in [1.82, 2.24) is 4.90 Å². The minimum atomic E-state index is -1.09. The second kappa shape index (κ2) is 12.0. The summed E-state index contributed by atoms with van der Waals surface area (Å²) in [4.78, 5) is 37.4. The predicted octanol–water partition coefficient (Wildman–Crippen LogP) is 3.89. The highest BCUT2D eigenvalue weighted by Gasteiger charge is 2.35. The smallest absolute Gasteiger partial charge is 0.478 e. The Morgan fingerprint density at radius 1 is 1.32 bits per heavy atom. The van der Waals surface area contributed by atoms with Gasteiger partial charge in [0.25, 0.3) is 0 Å². The number of carboxylic acids is 1. The second-order valence-corrected chi connectivity index (χ2v) is 8.64. The van der Waals surface area contributed by atoms with E-state index in [0.717, 1.165) is 6.08 Å². The van der Waals surface area contributed by atoms with Crippen molar-refractivity contribution in [1.29, 1.82) is 0 Å². The summed E-state index contributed by atoms with van der Waals surface area (Å²) in [6, 6.07) is 6.22. The average molecular weight is 472 g/mol. The van der Waals surface area contributed by atoms with E-state index in [1.165, 1.54) is 18.9 Å². The summed E-state index contributed by atoms with van der Waals surface area (Å²) in [5, 5.41) is 9.55. The number of aliphatic carboxylic acids is 1. The lowest BCUT2D eigenvalue weighted by atomic mass is 9.98. The molecule has 1 aliphatic heterocycles. The van der Waals surface area contributed by atoms with Crippen molar-refractivity contribution in [3.8, 4) is 0 Å². The quantitative estimate of drug-likeness (QED) is 0.343. The molecule has 1 saturated heterocycles. The number of methoxy groups -OCH3 is 1. The minimum absolute atomic E-state index is 0.0259. The van der Waals surface area contributed by atoms with Crippen LogP contribution < -0.4 is 0 Å².